The van der Waals surface area contributed by atoms with Crippen LogP contribution in [-0.4, -0.2) is 20.8 Å². The number of nitrogens with two attached hydrogens (primary N) is 1. The fourth-order valence-electron chi connectivity index (χ4n) is 1.68. The van der Waals surface area contributed by atoms with Crippen LogP contribution in [0.15, 0.2) is 12.1 Å². The number of methoxy groups -OCH3 is 2. The second-order valence-electron chi connectivity index (χ2n) is 3.77. The third kappa shape index (κ3) is 3.29. The molecule has 18 heavy (non-hydrogen) atoms. The van der Waals surface area contributed by atoms with Gasteiger partial charge in [0.1, 0.15) is 5.56 Å². The SMILES string of the molecule is COc1cc(CCCN)cc(C(F)(F)F)c1OC. The fraction of sp³-hybridized carbons (Fsp3) is 0.500. The van der Waals surface area contributed by atoms with Gasteiger partial charge in [0.2, 0.25) is 0 Å². The van der Waals surface area contributed by atoms with E-state index in [1.54, 1.807) is 6.07 Å². The Bertz CT molecular complexity index is 405. The van der Waals surface area contributed by atoms with E-state index in [9.17, 15) is 13.2 Å². The number of rotatable bonds is 5. The normalized spacial score (nSPS) is 11.4. The molecule has 0 heterocycles. The van der Waals surface area contributed by atoms with E-state index in [-0.39, 0.29) is 11.5 Å². The lowest BCUT2D eigenvalue weighted by Crippen LogP contribution is -2.10. The van der Waals surface area contributed by atoms with Gasteiger partial charge in [-0.1, -0.05) is 0 Å². The van der Waals surface area contributed by atoms with E-state index in [1.807, 2.05) is 0 Å². The summed E-state index contributed by atoms with van der Waals surface area (Å²) >= 11 is 0. The molecule has 6 heteroatoms. The molecule has 1 aromatic rings. The first-order valence-corrected chi connectivity index (χ1v) is 5.46. The van der Waals surface area contributed by atoms with Gasteiger partial charge in [-0.2, -0.15) is 13.2 Å². The Morgan fingerprint density at radius 1 is 1.17 bits per heavy atom. The number of ether oxygens (including phenoxy) is 2. The average molecular weight is 263 g/mol. The summed E-state index contributed by atoms with van der Waals surface area (Å²) in [6.07, 6.45) is -3.38. The molecule has 0 saturated carbocycles. The minimum atomic E-state index is -4.47. The molecule has 0 aliphatic carbocycles. The highest BCUT2D eigenvalue weighted by molar-refractivity contribution is 5.50. The van der Waals surface area contributed by atoms with Gasteiger partial charge >= 0.3 is 6.18 Å². The zero-order valence-electron chi connectivity index (χ0n) is 10.3. The first-order valence-electron chi connectivity index (χ1n) is 5.46. The standard InChI is InChI=1S/C12H16F3NO2/c1-17-10-7-8(4-3-5-16)6-9(11(10)18-2)12(13,14)15/h6-7H,3-5,16H2,1-2H3. The average Bonchev–Trinajstić information content (AvgIpc) is 2.33. The lowest BCUT2D eigenvalue weighted by atomic mass is 10.0. The zero-order valence-corrected chi connectivity index (χ0v) is 10.3. The lowest BCUT2D eigenvalue weighted by molar-refractivity contribution is -0.138. The first-order chi connectivity index (χ1) is 8.43. The van der Waals surface area contributed by atoms with Crippen molar-refractivity contribution in [3.8, 4) is 11.5 Å². The number of aryl methyl sites for hydroxylation is 1. The van der Waals surface area contributed by atoms with Crippen LogP contribution in [0.3, 0.4) is 0 Å². The predicted molar refractivity (Wildman–Crippen MR) is 61.9 cm³/mol. The summed E-state index contributed by atoms with van der Waals surface area (Å²) in [4.78, 5) is 0. The third-order valence-electron chi connectivity index (χ3n) is 2.51. The van der Waals surface area contributed by atoms with Crippen LogP contribution < -0.4 is 15.2 Å². The summed E-state index contributed by atoms with van der Waals surface area (Å²) < 4.78 is 48.4. The van der Waals surface area contributed by atoms with Gasteiger partial charge in [0, 0.05) is 0 Å². The third-order valence-corrected chi connectivity index (χ3v) is 2.51. The van der Waals surface area contributed by atoms with Gasteiger partial charge in [-0.15, -0.1) is 0 Å². The van der Waals surface area contributed by atoms with Crippen molar-refractivity contribution in [1.82, 2.24) is 0 Å². The van der Waals surface area contributed by atoms with Crippen LogP contribution in [0.5, 0.6) is 11.5 Å². The molecule has 3 nitrogen and oxygen atoms in total. The second-order valence-corrected chi connectivity index (χ2v) is 3.77. The van der Waals surface area contributed by atoms with E-state index in [0.717, 1.165) is 6.07 Å². The maximum Gasteiger partial charge on any atom is 0.420 e. The maximum atomic E-state index is 12.9. The quantitative estimate of drug-likeness (QED) is 0.888. The van der Waals surface area contributed by atoms with Crippen molar-refractivity contribution in [2.45, 2.75) is 19.0 Å². The van der Waals surface area contributed by atoms with E-state index >= 15 is 0 Å². The largest absolute Gasteiger partial charge is 0.493 e. The Labute approximate surface area is 104 Å². The molecule has 0 aliphatic heterocycles. The maximum absolute atomic E-state index is 12.9. The zero-order chi connectivity index (χ0) is 13.8. The molecule has 0 spiro atoms. The topological polar surface area (TPSA) is 44.5 Å². The number of alkyl halides is 3. The summed E-state index contributed by atoms with van der Waals surface area (Å²) in [7, 11) is 2.50. The van der Waals surface area contributed by atoms with E-state index in [0.29, 0.717) is 24.9 Å². The minimum absolute atomic E-state index is 0.0827. The first kappa shape index (κ1) is 14.6. The van der Waals surface area contributed by atoms with Gasteiger partial charge in [0.05, 0.1) is 14.2 Å². The Balaban J connectivity index is 3.27. The Kier molecular flexibility index (Phi) is 4.84. The number of hydrogen-bond acceptors (Lipinski definition) is 3. The van der Waals surface area contributed by atoms with Crippen LogP contribution in [0.25, 0.3) is 0 Å². The molecule has 1 rings (SSSR count). The van der Waals surface area contributed by atoms with Crippen LogP contribution in [0.1, 0.15) is 17.5 Å². The van der Waals surface area contributed by atoms with Crippen molar-refractivity contribution in [3.05, 3.63) is 23.3 Å². The van der Waals surface area contributed by atoms with Gasteiger partial charge < -0.3 is 15.2 Å². The number of benzene rings is 1. The van der Waals surface area contributed by atoms with Crippen LogP contribution >= 0.6 is 0 Å². The van der Waals surface area contributed by atoms with E-state index in [1.165, 1.54) is 14.2 Å². The highest BCUT2D eigenvalue weighted by atomic mass is 19.4. The molecule has 0 saturated heterocycles. The monoisotopic (exact) mass is 263 g/mol. The Hall–Kier alpha value is -1.43. The molecule has 0 fully saturated rings. The molecule has 0 unspecified atom stereocenters. The van der Waals surface area contributed by atoms with Crippen molar-refractivity contribution in [2.75, 3.05) is 20.8 Å². The van der Waals surface area contributed by atoms with Gasteiger partial charge in [-0.3, -0.25) is 0 Å². The summed E-state index contributed by atoms with van der Waals surface area (Å²) in [6.45, 7) is 0.426. The van der Waals surface area contributed by atoms with Crippen LogP contribution in [0, 0.1) is 0 Å². The molecule has 0 aromatic heterocycles. The predicted octanol–water partition coefficient (Wildman–Crippen LogP) is 2.61. The lowest BCUT2D eigenvalue weighted by Gasteiger charge is -2.16. The van der Waals surface area contributed by atoms with Crippen molar-refractivity contribution in [1.29, 1.82) is 0 Å². The molecule has 2 N–H and O–H groups in total. The Morgan fingerprint density at radius 2 is 1.83 bits per heavy atom. The van der Waals surface area contributed by atoms with Gasteiger partial charge in [-0.05, 0) is 37.1 Å². The molecule has 0 bridgehead atoms. The number of halogens is 3. The minimum Gasteiger partial charge on any atom is -0.493 e. The highest BCUT2D eigenvalue weighted by Gasteiger charge is 2.36. The van der Waals surface area contributed by atoms with Gasteiger partial charge in [0.25, 0.3) is 0 Å². The van der Waals surface area contributed by atoms with E-state index in [2.05, 4.69) is 0 Å². The van der Waals surface area contributed by atoms with Crippen molar-refractivity contribution in [2.24, 2.45) is 5.73 Å². The van der Waals surface area contributed by atoms with Crippen molar-refractivity contribution in [3.63, 3.8) is 0 Å². The molecule has 102 valence electrons. The molecule has 0 radical (unpaired) electrons. The van der Waals surface area contributed by atoms with Gasteiger partial charge in [-0.25, -0.2) is 0 Å². The van der Waals surface area contributed by atoms with E-state index in [4.69, 9.17) is 15.2 Å². The molecular formula is C12H16F3NO2. The Morgan fingerprint density at radius 3 is 2.28 bits per heavy atom. The molecular weight excluding hydrogens is 247 g/mol. The smallest absolute Gasteiger partial charge is 0.420 e. The summed E-state index contributed by atoms with van der Waals surface area (Å²) in [5.41, 5.74) is 5.06. The molecule has 0 aliphatic rings. The second kappa shape index (κ2) is 5.95. The molecule has 0 amide bonds. The molecule has 0 atom stereocenters. The number of hydrogen-bond donors (Lipinski definition) is 1. The van der Waals surface area contributed by atoms with Gasteiger partial charge in [0.15, 0.2) is 11.5 Å². The highest BCUT2D eigenvalue weighted by Crippen LogP contribution is 2.42. The summed E-state index contributed by atoms with van der Waals surface area (Å²) in [5.74, 6) is -0.208. The summed E-state index contributed by atoms with van der Waals surface area (Å²) in [6, 6.07) is 2.63. The van der Waals surface area contributed by atoms with Crippen molar-refractivity contribution >= 4 is 0 Å². The fourth-order valence-corrected chi connectivity index (χ4v) is 1.68. The van der Waals surface area contributed by atoms with Crippen LogP contribution in [0.4, 0.5) is 13.2 Å². The van der Waals surface area contributed by atoms with Crippen molar-refractivity contribution < 1.29 is 22.6 Å². The molecule has 1 aromatic carbocycles. The van der Waals surface area contributed by atoms with E-state index < -0.39 is 11.7 Å². The van der Waals surface area contributed by atoms with Crippen LogP contribution in [-0.2, 0) is 12.6 Å². The summed E-state index contributed by atoms with van der Waals surface area (Å²) in [5, 5.41) is 0. The van der Waals surface area contributed by atoms with Crippen LogP contribution in [0.2, 0.25) is 0 Å².